The average molecular weight is 481 g/mol. The number of sulfonamides is 1. The van der Waals surface area contributed by atoms with Gasteiger partial charge in [-0.2, -0.15) is 4.31 Å². The van der Waals surface area contributed by atoms with Crippen LogP contribution < -0.4 is 15.6 Å². The van der Waals surface area contributed by atoms with Gasteiger partial charge >= 0.3 is 0 Å². The van der Waals surface area contributed by atoms with Gasteiger partial charge in [0.1, 0.15) is 12.4 Å². The van der Waals surface area contributed by atoms with Crippen LogP contribution in [-0.4, -0.2) is 42.6 Å². The van der Waals surface area contributed by atoms with Crippen LogP contribution in [-0.2, 0) is 16.6 Å². The highest BCUT2D eigenvalue weighted by Gasteiger charge is 2.27. The fourth-order valence-corrected chi connectivity index (χ4v) is 4.98. The average Bonchev–Trinajstić information content (AvgIpc) is 3.43. The summed E-state index contributed by atoms with van der Waals surface area (Å²) in [4.78, 5) is 28.9. The minimum absolute atomic E-state index is 0.140. The van der Waals surface area contributed by atoms with E-state index in [0.717, 1.165) is 18.4 Å². The predicted octanol–water partition coefficient (Wildman–Crippen LogP) is 2.52. The number of aromatic nitrogens is 1. The van der Waals surface area contributed by atoms with Crippen molar-refractivity contribution in [3.63, 3.8) is 0 Å². The van der Waals surface area contributed by atoms with Crippen molar-refractivity contribution < 1.29 is 22.7 Å². The molecule has 0 radical (unpaired) electrons. The molecule has 3 aromatic rings. The van der Waals surface area contributed by atoms with Crippen LogP contribution in [0.25, 0.3) is 0 Å². The summed E-state index contributed by atoms with van der Waals surface area (Å²) in [6.07, 6.45) is 5.09. The number of carbonyl (C=O) groups is 2. The van der Waals surface area contributed by atoms with Crippen LogP contribution in [0.5, 0.6) is 5.75 Å². The van der Waals surface area contributed by atoms with E-state index in [2.05, 4.69) is 15.8 Å². The fraction of sp³-hybridized carbons (Fsp3) is 0.208. The Labute approximate surface area is 197 Å². The zero-order valence-corrected chi connectivity index (χ0v) is 19.1. The molecule has 1 saturated heterocycles. The summed E-state index contributed by atoms with van der Waals surface area (Å²) in [5.74, 6) is -0.469. The molecule has 2 aromatic carbocycles. The molecule has 2 N–H and O–H groups in total. The Morgan fingerprint density at radius 2 is 1.47 bits per heavy atom. The predicted molar refractivity (Wildman–Crippen MR) is 124 cm³/mol. The Morgan fingerprint density at radius 3 is 2.03 bits per heavy atom. The third kappa shape index (κ3) is 5.59. The number of ether oxygens (including phenoxy) is 1. The Hall–Kier alpha value is -3.76. The molecular formula is C24H24N4O5S. The number of hydrogen-bond acceptors (Lipinski definition) is 6. The van der Waals surface area contributed by atoms with Gasteiger partial charge in [-0.25, -0.2) is 8.42 Å². The van der Waals surface area contributed by atoms with E-state index in [9.17, 15) is 18.0 Å². The Bertz CT molecular complexity index is 1240. The number of benzene rings is 2. The first-order valence-electron chi connectivity index (χ1n) is 10.8. The summed E-state index contributed by atoms with van der Waals surface area (Å²) in [6.45, 7) is 1.37. The molecule has 9 nitrogen and oxygen atoms in total. The topological polar surface area (TPSA) is 118 Å². The van der Waals surface area contributed by atoms with E-state index in [1.54, 1.807) is 36.7 Å². The SMILES string of the molecule is O=C(NNC(=O)c1ccc(S(=O)(=O)N2CCCC2)cc1)c1ccc(OCc2cccnc2)cc1. The Balaban J connectivity index is 1.29. The number of hydrazine groups is 1. The molecule has 1 fully saturated rings. The van der Waals surface area contributed by atoms with Gasteiger partial charge in [-0.3, -0.25) is 25.4 Å². The van der Waals surface area contributed by atoms with Crippen LogP contribution in [0, 0.1) is 0 Å². The monoisotopic (exact) mass is 480 g/mol. The molecule has 2 heterocycles. The van der Waals surface area contributed by atoms with E-state index in [-0.39, 0.29) is 10.5 Å². The number of amides is 2. The highest BCUT2D eigenvalue weighted by molar-refractivity contribution is 7.89. The van der Waals surface area contributed by atoms with Crippen molar-refractivity contribution in [3.8, 4) is 5.75 Å². The first-order chi connectivity index (χ1) is 16.4. The molecule has 0 atom stereocenters. The smallest absolute Gasteiger partial charge is 0.269 e. The van der Waals surface area contributed by atoms with Crippen LogP contribution >= 0.6 is 0 Å². The lowest BCUT2D eigenvalue weighted by molar-refractivity contribution is 0.0846. The first kappa shape index (κ1) is 23.4. The molecule has 0 aliphatic carbocycles. The number of nitrogens with zero attached hydrogens (tertiary/aromatic N) is 2. The lowest BCUT2D eigenvalue weighted by Crippen LogP contribution is -2.41. The highest BCUT2D eigenvalue weighted by atomic mass is 32.2. The van der Waals surface area contributed by atoms with Crippen LogP contribution in [0.3, 0.4) is 0 Å². The lowest BCUT2D eigenvalue weighted by Gasteiger charge is -2.15. The van der Waals surface area contributed by atoms with Gasteiger partial charge in [-0.15, -0.1) is 0 Å². The number of pyridine rings is 1. The van der Waals surface area contributed by atoms with Crippen molar-refractivity contribution in [1.82, 2.24) is 20.1 Å². The number of carbonyl (C=O) groups excluding carboxylic acids is 2. The maximum Gasteiger partial charge on any atom is 0.269 e. The zero-order chi connectivity index (χ0) is 24.0. The molecule has 0 saturated carbocycles. The second-order valence-electron chi connectivity index (χ2n) is 7.72. The quantitative estimate of drug-likeness (QED) is 0.502. The van der Waals surface area contributed by atoms with Crippen molar-refractivity contribution in [2.45, 2.75) is 24.3 Å². The van der Waals surface area contributed by atoms with Crippen molar-refractivity contribution in [1.29, 1.82) is 0 Å². The van der Waals surface area contributed by atoms with Gasteiger partial charge in [0.2, 0.25) is 10.0 Å². The van der Waals surface area contributed by atoms with Crippen molar-refractivity contribution in [3.05, 3.63) is 89.7 Å². The zero-order valence-electron chi connectivity index (χ0n) is 18.3. The highest BCUT2D eigenvalue weighted by Crippen LogP contribution is 2.21. The minimum Gasteiger partial charge on any atom is -0.489 e. The Morgan fingerprint density at radius 1 is 0.882 bits per heavy atom. The third-order valence-corrected chi connectivity index (χ3v) is 7.27. The number of rotatable bonds is 7. The van der Waals surface area contributed by atoms with E-state index < -0.39 is 21.8 Å². The number of nitrogens with one attached hydrogen (secondary N) is 2. The van der Waals surface area contributed by atoms with Crippen LogP contribution in [0.15, 0.2) is 78.0 Å². The van der Waals surface area contributed by atoms with Crippen molar-refractivity contribution in [2.75, 3.05) is 13.1 Å². The summed E-state index contributed by atoms with van der Waals surface area (Å²) < 4.78 is 32.3. The van der Waals surface area contributed by atoms with E-state index in [1.165, 1.54) is 28.6 Å². The molecule has 10 heteroatoms. The summed E-state index contributed by atoms with van der Waals surface area (Å²) >= 11 is 0. The molecular weight excluding hydrogens is 456 g/mol. The molecule has 0 spiro atoms. The standard InChI is InChI=1S/C24H24N4O5S/c29-23(19-5-9-21(10-6-19)33-17-18-4-3-13-25-16-18)26-27-24(30)20-7-11-22(12-8-20)34(31,32)28-14-1-2-15-28/h3-13,16H,1-2,14-15,17H2,(H,26,29)(H,27,30). The van der Waals surface area contributed by atoms with Gasteiger partial charge in [-0.05, 0) is 67.4 Å². The van der Waals surface area contributed by atoms with Gasteiger partial charge in [0.15, 0.2) is 0 Å². The summed E-state index contributed by atoms with van der Waals surface area (Å²) in [5.41, 5.74) is 6.17. The molecule has 1 aliphatic heterocycles. The van der Waals surface area contributed by atoms with E-state index >= 15 is 0 Å². The molecule has 1 aromatic heterocycles. The second kappa shape index (κ2) is 10.4. The van der Waals surface area contributed by atoms with Gasteiger partial charge in [0.25, 0.3) is 11.8 Å². The van der Waals surface area contributed by atoms with Gasteiger partial charge in [0, 0.05) is 42.2 Å². The third-order valence-electron chi connectivity index (χ3n) is 5.35. The minimum atomic E-state index is -3.55. The molecule has 34 heavy (non-hydrogen) atoms. The van der Waals surface area contributed by atoms with Crippen LogP contribution in [0.4, 0.5) is 0 Å². The van der Waals surface area contributed by atoms with Crippen molar-refractivity contribution >= 4 is 21.8 Å². The van der Waals surface area contributed by atoms with E-state index in [1.807, 2.05) is 12.1 Å². The van der Waals surface area contributed by atoms with Crippen LogP contribution in [0.1, 0.15) is 39.1 Å². The Kier molecular flexibility index (Phi) is 7.19. The summed E-state index contributed by atoms with van der Waals surface area (Å²) in [7, 11) is -3.55. The fourth-order valence-electron chi connectivity index (χ4n) is 3.47. The molecule has 2 amide bonds. The molecule has 1 aliphatic rings. The lowest BCUT2D eigenvalue weighted by atomic mass is 10.2. The summed E-state index contributed by atoms with van der Waals surface area (Å²) in [5, 5.41) is 0. The molecule has 0 unspecified atom stereocenters. The van der Waals surface area contributed by atoms with E-state index in [0.29, 0.717) is 31.0 Å². The normalized spacial score (nSPS) is 13.9. The maximum absolute atomic E-state index is 12.6. The van der Waals surface area contributed by atoms with E-state index in [4.69, 9.17) is 4.74 Å². The second-order valence-corrected chi connectivity index (χ2v) is 9.66. The van der Waals surface area contributed by atoms with Gasteiger partial charge in [-0.1, -0.05) is 6.07 Å². The van der Waals surface area contributed by atoms with Crippen molar-refractivity contribution in [2.24, 2.45) is 0 Å². The summed E-state index contributed by atoms with van der Waals surface area (Å²) in [6, 6.07) is 15.8. The van der Waals surface area contributed by atoms with Crippen LogP contribution in [0.2, 0.25) is 0 Å². The largest absolute Gasteiger partial charge is 0.489 e. The molecule has 176 valence electrons. The molecule has 0 bridgehead atoms. The number of hydrogen-bond donors (Lipinski definition) is 2. The van der Waals surface area contributed by atoms with Gasteiger partial charge in [0.05, 0.1) is 4.90 Å². The first-order valence-corrected chi connectivity index (χ1v) is 12.2. The maximum atomic E-state index is 12.6. The van der Waals surface area contributed by atoms with Gasteiger partial charge < -0.3 is 4.74 Å². The molecule has 4 rings (SSSR count).